The maximum atomic E-state index is 6.77. The Hall–Kier alpha value is -6.14. The Morgan fingerprint density at radius 1 is 0.412 bits per heavy atom. The topological polar surface area (TPSA) is 43.6 Å². The summed E-state index contributed by atoms with van der Waals surface area (Å²) in [4.78, 5) is 14.6. The van der Waals surface area contributed by atoms with Crippen molar-refractivity contribution in [3.63, 3.8) is 0 Å². The van der Waals surface area contributed by atoms with Crippen molar-refractivity contribution in [2.75, 3.05) is 0 Å². The van der Waals surface area contributed by atoms with Crippen LogP contribution < -0.4 is 20.7 Å². The van der Waals surface area contributed by atoms with Crippen molar-refractivity contribution in [2.45, 2.75) is 0 Å². The molecule has 6 heteroatoms. The van der Waals surface area contributed by atoms with Crippen LogP contribution in [-0.4, -0.2) is 27.6 Å². The number of halogens is 1. The van der Waals surface area contributed by atoms with Gasteiger partial charge in [-0.2, -0.15) is 9.97 Å². The van der Waals surface area contributed by atoms with E-state index < -0.39 is 8.07 Å². The fraction of sp³-hybridized carbons (Fsp3) is 0. The van der Waals surface area contributed by atoms with Gasteiger partial charge in [-0.05, 0) is 56.6 Å². The lowest BCUT2D eigenvalue weighted by Gasteiger charge is -2.34. The fourth-order valence-corrected chi connectivity index (χ4v) is 12.6. The standard InChI is InChI=1S/C45H31ClN4Si/c46-45-48-43(47-44(49-45)39-27-12-15-30-42(39)50-40-28-13-10-25-37(40)38-26-11-14-29-41(38)50)32-17-16-24-36(31-32)51(33-18-4-1-5-19-33,34-20-6-2-7-21-34)35-22-8-3-9-23-35/h1-31H. The summed E-state index contributed by atoms with van der Waals surface area (Å²) in [6.07, 6.45) is 0. The molecule has 9 aromatic rings. The normalized spacial score (nSPS) is 11.6. The van der Waals surface area contributed by atoms with E-state index in [4.69, 9.17) is 26.6 Å². The van der Waals surface area contributed by atoms with Gasteiger partial charge in [-0.3, -0.25) is 0 Å². The first-order valence-corrected chi connectivity index (χ1v) is 19.4. The molecule has 0 aliphatic carbocycles. The molecule has 0 spiro atoms. The summed E-state index contributed by atoms with van der Waals surface area (Å²) in [7, 11) is -2.76. The Bertz CT molecular complexity index is 2510. The lowest BCUT2D eigenvalue weighted by atomic mass is 10.1. The van der Waals surface area contributed by atoms with Crippen LogP contribution in [0.1, 0.15) is 0 Å². The van der Waals surface area contributed by atoms with Gasteiger partial charge in [0.1, 0.15) is 0 Å². The van der Waals surface area contributed by atoms with Crippen LogP contribution in [0.25, 0.3) is 50.3 Å². The SMILES string of the molecule is Clc1nc(-c2cccc([Si](c3ccccc3)(c3ccccc3)c3ccccc3)c2)nc(-c2ccccc2-n2c3ccccc3c3ccccc32)n1. The molecule has 4 nitrogen and oxygen atoms in total. The van der Waals surface area contributed by atoms with Crippen LogP contribution >= 0.6 is 11.6 Å². The number of hydrogen-bond donors (Lipinski definition) is 0. The number of para-hydroxylation sites is 3. The largest absolute Gasteiger partial charge is 0.309 e. The van der Waals surface area contributed by atoms with Gasteiger partial charge in [-0.1, -0.05) is 164 Å². The van der Waals surface area contributed by atoms with E-state index >= 15 is 0 Å². The van der Waals surface area contributed by atoms with Gasteiger partial charge in [0.2, 0.25) is 5.28 Å². The number of fused-ring (bicyclic) bond motifs is 3. The maximum Gasteiger partial charge on any atom is 0.226 e. The minimum atomic E-state index is -2.76. The maximum absolute atomic E-state index is 6.77. The van der Waals surface area contributed by atoms with Crippen LogP contribution in [0.3, 0.4) is 0 Å². The molecular formula is C45H31ClN4Si. The van der Waals surface area contributed by atoms with Gasteiger partial charge < -0.3 is 4.57 Å². The highest BCUT2D eigenvalue weighted by Crippen LogP contribution is 2.35. The van der Waals surface area contributed by atoms with Crippen molar-refractivity contribution in [1.29, 1.82) is 0 Å². The zero-order valence-corrected chi connectivity index (χ0v) is 29.3. The third-order valence-electron chi connectivity index (χ3n) is 9.75. The van der Waals surface area contributed by atoms with E-state index in [0.717, 1.165) is 27.8 Å². The average molecular weight is 691 g/mol. The van der Waals surface area contributed by atoms with Crippen molar-refractivity contribution in [3.8, 4) is 28.5 Å². The molecule has 7 aromatic carbocycles. The molecule has 0 fully saturated rings. The zero-order chi connectivity index (χ0) is 34.2. The van der Waals surface area contributed by atoms with Gasteiger partial charge in [0.25, 0.3) is 0 Å². The molecule has 0 N–H and O–H groups in total. The van der Waals surface area contributed by atoms with Gasteiger partial charge >= 0.3 is 0 Å². The molecule has 0 aliphatic rings. The molecular weight excluding hydrogens is 660 g/mol. The molecule has 2 aromatic heterocycles. The number of hydrogen-bond acceptors (Lipinski definition) is 3. The van der Waals surface area contributed by atoms with E-state index in [1.165, 1.54) is 31.5 Å². The number of aromatic nitrogens is 4. The number of benzene rings is 7. The van der Waals surface area contributed by atoms with Crippen LogP contribution in [0, 0.1) is 0 Å². The first-order valence-electron chi connectivity index (χ1n) is 17.0. The smallest absolute Gasteiger partial charge is 0.226 e. The van der Waals surface area contributed by atoms with Gasteiger partial charge in [0.05, 0.1) is 16.7 Å². The summed E-state index contributed by atoms with van der Waals surface area (Å²) >= 11 is 6.77. The van der Waals surface area contributed by atoms with Gasteiger partial charge in [0, 0.05) is 21.9 Å². The van der Waals surface area contributed by atoms with Crippen LogP contribution in [0.5, 0.6) is 0 Å². The predicted octanol–water partition coefficient (Wildman–Crippen LogP) is 8.33. The van der Waals surface area contributed by atoms with E-state index in [2.05, 4.69) is 187 Å². The molecule has 242 valence electrons. The Kier molecular flexibility index (Phi) is 7.84. The quantitative estimate of drug-likeness (QED) is 0.125. The minimum Gasteiger partial charge on any atom is -0.309 e. The number of nitrogens with zero attached hydrogens (tertiary/aromatic N) is 4. The second-order valence-corrected chi connectivity index (χ2v) is 16.7. The van der Waals surface area contributed by atoms with E-state index in [0.29, 0.717) is 11.6 Å². The molecule has 0 radical (unpaired) electrons. The van der Waals surface area contributed by atoms with E-state index in [-0.39, 0.29) is 5.28 Å². The van der Waals surface area contributed by atoms with Crippen LogP contribution in [0.2, 0.25) is 5.28 Å². The summed E-state index contributed by atoms with van der Waals surface area (Å²) in [6, 6.07) is 66.6. The van der Waals surface area contributed by atoms with Crippen molar-refractivity contribution in [3.05, 3.63) is 193 Å². The van der Waals surface area contributed by atoms with Gasteiger partial charge in [-0.25, -0.2) is 4.98 Å². The second-order valence-electron chi connectivity index (χ2n) is 12.6. The highest BCUT2D eigenvalue weighted by Gasteiger charge is 2.41. The third kappa shape index (κ3) is 5.26. The first-order chi connectivity index (χ1) is 25.2. The Labute approximate surface area is 302 Å². The third-order valence-corrected chi connectivity index (χ3v) is 14.7. The summed E-state index contributed by atoms with van der Waals surface area (Å²) in [5.74, 6) is 1.05. The molecule has 0 amide bonds. The highest BCUT2D eigenvalue weighted by atomic mass is 35.5. The second kappa shape index (κ2) is 13.0. The molecule has 9 rings (SSSR count). The molecule has 2 heterocycles. The molecule has 0 bridgehead atoms. The highest BCUT2D eigenvalue weighted by molar-refractivity contribution is 7.19. The molecule has 51 heavy (non-hydrogen) atoms. The number of rotatable bonds is 7. The van der Waals surface area contributed by atoms with Crippen LogP contribution in [0.15, 0.2) is 188 Å². The summed E-state index contributed by atoms with van der Waals surface area (Å²) < 4.78 is 2.29. The monoisotopic (exact) mass is 690 g/mol. The van der Waals surface area contributed by atoms with Crippen LogP contribution in [-0.2, 0) is 0 Å². The lowest BCUT2D eigenvalue weighted by molar-refractivity contribution is 1.06. The van der Waals surface area contributed by atoms with E-state index in [1.54, 1.807) is 0 Å². The van der Waals surface area contributed by atoms with Crippen molar-refractivity contribution >= 4 is 62.2 Å². The van der Waals surface area contributed by atoms with E-state index in [1.807, 2.05) is 6.07 Å². The molecule has 0 atom stereocenters. The van der Waals surface area contributed by atoms with E-state index in [9.17, 15) is 0 Å². The summed E-state index contributed by atoms with van der Waals surface area (Å²) in [5, 5.41) is 7.66. The van der Waals surface area contributed by atoms with Crippen LogP contribution in [0.4, 0.5) is 0 Å². The zero-order valence-electron chi connectivity index (χ0n) is 27.6. The summed E-state index contributed by atoms with van der Waals surface area (Å²) in [6.45, 7) is 0. The van der Waals surface area contributed by atoms with Gasteiger partial charge in [-0.15, -0.1) is 0 Å². The average Bonchev–Trinajstić information content (AvgIpc) is 3.54. The minimum absolute atomic E-state index is 0.148. The molecule has 0 saturated carbocycles. The molecule has 0 unspecified atom stereocenters. The summed E-state index contributed by atoms with van der Waals surface area (Å²) in [5.41, 5.74) is 4.95. The Morgan fingerprint density at radius 2 is 0.882 bits per heavy atom. The fourth-order valence-electron chi connectivity index (χ4n) is 7.60. The van der Waals surface area contributed by atoms with Crippen molar-refractivity contribution in [1.82, 2.24) is 19.5 Å². The Balaban J connectivity index is 1.24. The lowest BCUT2D eigenvalue weighted by Crippen LogP contribution is -2.74. The van der Waals surface area contributed by atoms with Gasteiger partial charge in [0.15, 0.2) is 19.7 Å². The molecule has 0 saturated heterocycles. The first kappa shape index (κ1) is 30.9. The molecule has 0 aliphatic heterocycles. The predicted molar refractivity (Wildman–Crippen MR) is 214 cm³/mol. The van der Waals surface area contributed by atoms with Crippen molar-refractivity contribution < 1.29 is 0 Å². The Morgan fingerprint density at radius 3 is 1.47 bits per heavy atom. The van der Waals surface area contributed by atoms with Crippen molar-refractivity contribution in [2.24, 2.45) is 0 Å².